The van der Waals surface area contributed by atoms with Crippen LogP contribution in [0.25, 0.3) is 0 Å². The fraction of sp³-hybridized carbons (Fsp3) is 0.583. The fourth-order valence-corrected chi connectivity index (χ4v) is 2.41. The van der Waals surface area contributed by atoms with Crippen LogP contribution in [-0.2, 0) is 22.7 Å². The van der Waals surface area contributed by atoms with Crippen LogP contribution in [0.2, 0.25) is 0 Å². The third-order valence-corrected chi connectivity index (χ3v) is 3.49. The van der Waals surface area contributed by atoms with E-state index in [2.05, 4.69) is 4.98 Å². The fourth-order valence-electron chi connectivity index (χ4n) is 1.48. The van der Waals surface area contributed by atoms with Crippen LogP contribution in [0.4, 0.5) is 0 Å². The van der Waals surface area contributed by atoms with Gasteiger partial charge >= 0.3 is 5.97 Å². The minimum atomic E-state index is -0.380. The van der Waals surface area contributed by atoms with E-state index in [4.69, 9.17) is 10.00 Å². The van der Waals surface area contributed by atoms with Gasteiger partial charge in [-0.1, -0.05) is 11.8 Å². The third kappa shape index (κ3) is 4.26. The SMILES string of the molecule is CCOC(=O)[C@@H](C)Sc1ncc(CO)n1CCC#N. The number of hydrogen-bond acceptors (Lipinski definition) is 6. The molecule has 1 atom stereocenters. The number of ether oxygens (including phenoxy) is 1. The number of carbonyl (C=O) groups is 1. The van der Waals surface area contributed by atoms with Crippen LogP contribution < -0.4 is 0 Å². The Balaban J connectivity index is 2.80. The number of aliphatic hydroxyl groups excluding tert-OH is 1. The summed E-state index contributed by atoms with van der Waals surface area (Å²) < 4.78 is 6.69. The van der Waals surface area contributed by atoms with Crippen LogP contribution >= 0.6 is 11.8 Å². The molecule has 19 heavy (non-hydrogen) atoms. The molecule has 6 nitrogen and oxygen atoms in total. The Kier molecular flexibility index (Phi) is 6.39. The maximum absolute atomic E-state index is 11.6. The van der Waals surface area contributed by atoms with Crippen molar-refractivity contribution in [1.82, 2.24) is 9.55 Å². The van der Waals surface area contributed by atoms with Crippen LogP contribution in [0, 0.1) is 11.3 Å². The van der Waals surface area contributed by atoms with Crippen molar-refractivity contribution < 1.29 is 14.6 Å². The largest absolute Gasteiger partial charge is 0.465 e. The molecule has 104 valence electrons. The minimum absolute atomic E-state index is 0.146. The zero-order valence-electron chi connectivity index (χ0n) is 11.0. The van der Waals surface area contributed by atoms with Crippen LogP contribution in [-0.4, -0.2) is 32.5 Å². The molecule has 7 heteroatoms. The maximum atomic E-state index is 11.6. The van der Waals surface area contributed by atoms with E-state index in [9.17, 15) is 9.90 Å². The van der Waals surface area contributed by atoms with Gasteiger partial charge in [-0.3, -0.25) is 4.79 Å². The van der Waals surface area contributed by atoms with Gasteiger partial charge in [0.15, 0.2) is 5.16 Å². The average Bonchev–Trinajstić information content (AvgIpc) is 2.78. The molecular weight excluding hydrogens is 266 g/mol. The maximum Gasteiger partial charge on any atom is 0.319 e. The molecule has 0 aromatic carbocycles. The summed E-state index contributed by atoms with van der Waals surface area (Å²) in [4.78, 5) is 15.7. The van der Waals surface area contributed by atoms with E-state index in [-0.39, 0.29) is 17.8 Å². The van der Waals surface area contributed by atoms with Gasteiger partial charge in [0.05, 0.1) is 37.6 Å². The van der Waals surface area contributed by atoms with Gasteiger partial charge in [0, 0.05) is 6.54 Å². The standard InChI is InChI=1S/C12H17N3O3S/c1-3-18-11(17)9(2)19-12-14-7-10(8-16)15(12)6-4-5-13/h7,9,16H,3-4,6,8H2,1-2H3/t9-/m1/s1. The smallest absolute Gasteiger partial charge is 0.319 e. The number of carbonyl (C=O) groups excluding carboxylic acids is 1. The van der Waals surface area contributed by atoms with E-state index in [1.807, 2.05) is 6.07 Å². The third-order valence-electron chi connectivity index (χ3n) is 2.41. The number of imidazole rings is 1. The summed E-state index contributed by atoms with van der Waals surface area (Å²) in [6, 6.07) is 2.05. The first-order valence-electron chi connectivity index (χ1n) is 5.99. The normalized spacial score (nSPS) is 11.9. The molecular formula is C12H17N3O3S. The van der Waals surface area contributed by atoms with Gasteiger partial charge in [-0.15, -0.1) is 0 Å². The highest BCUT2D eigenvalue weighted by Crippen LogP contribution is 2.24. The molecule has 0 aliphatic carbocycles. The Morgan fingerprint density at radius 1 is 1.74 bits per heavy atom. The van der Waals surface area contributed by atoms with Crippen LogP contribution in [0.3, 0.4) is 0 Å². The highest BCUT2D eigenvalue weighted by atomic mass is 32.2. The van der Waals surface area contributed by atoms with Crippen molar-refractivity contribution in [3.8, 4) is 6.07 Å². The highest BCUT2D eigenvalue weighted by Gasteiger charge is 2.19. The minimum Gasteiger partial charge on any atom is -0.465 e. The lowest BCUT2D eigenvalue weighted by molar-refractivity contribution is -0.142. The number of esters is 1. The monoisotopic (exact) mass is 283 g/mol. The van der Waals surface area contributed by atoms with Gasteiger partial charge in [0.1, 0.15) is 5.25 Å². The molecule has 1 N–H and O–H groups in total. The Labute approximate surface area is 116 Å². The van der Waals surface area contributed by atoms with E-state index >= 15 is 0 Å². The summed E-state index contributed by atoms with van der Waals surface area (Å²) >= 11 is 1.26. The molecule has 0 fully saturated rings. The molecule has 1 aromatic rings. The Bertz CT molecular complexity index is 467. The molecule has 0 aliphatic rings. The van der Waals surface area contributed by atoms with Crippen molar-refractivity contribution in [2.45, 2.75) is 43.8 Å². The van der Waals surface area contributed by atoms with Crippen molar-refractivity contribution in [3.05, 3.63) is 11.9 Å². The topological polar surface area (TPSA) is 88.1 Å². The second kappa shape index (κ2) is 7.81. The predicted octanol–water partition coefficient (Wildman–Crippen LogP) is 1.33. The molecule has 1 heterocycles. The molecule has 0 spiro atoms. The molecule has 0 radical (unpaired) electrons. The second-order valence-corrected chi connectivity index (χ2v) is 5.07. The summed E-state index contributed by atoms with van der Waals surface area (Å²) in [7, 11) is 0. The zero-order chi connectivity index (χ0) is 14.3. The number of nitrogens with zero attached hydrogens (tertiary/aromatic N) is 3. The molecule has 0 aliphatic heterocycles. The van der Waals surface area contributed by atoms with Gasteiger partial charge < -0.3 is 14.4 Å². The van der Waals surface area contributed by atoms with E-state index in [1.165, 1.54) is 11.8 Å². The van der Waals surface area contributed by atoms with Gasteiger partial charge in [-0.25, -0.2) is 4.98 Å². The number of hydrogen-bond donors (Lipinski definition) is 1. The lowest BCUT2D eigenvalue weighted by Crippen LogP contribution is -2.17. The van der Waals surface area contributed by atoms with Crippen LogP contribution in [0.15, 0.2) is 11.4 Å². The van der Waals surface area contributed by atoms with Crippen LogP contribution in [0.1, 0.15) is 26.0 Å². The van der Waals surface area contributed by atoms with Crippen molar-refractivity contribution in [3.63, 3.8) is 0 Å². The second-order valence-electron chi connectivity index (χ2n) is 3.76. The van der Waals surface area contributed by atoms with E-state index in [1.54, 1.807) is 24.6 Å². The van der Waals surface area contributed by atoms with Crippen molar-refractivity contribution in [2.75, 3.05) is 6.61 Å². The van der Waals surface area contributed by atoms with Crippen molar-refractivity contribution in [1.29, 1.82) is 5.26 Å². The molecule has 0 bridgehead atoms. The zero-order valence-corrected chi connectivity index (χ0v) is 11.8. The number of nitriles is 1. The van der Waals surface area contributed by atoms with Crippen molar-refractivity contribution in [2.24, 2.45) is 0 Å². The summed E-state index contributed by atoms with van der Waals surface area (Å²) in [6.45, 7) is 4.14. The molecule has 1 aromatic heterocycles. The average molecular weight is 283 g/mol. The Hall–Kier alpha value is -1.52. The summed E-state index contributed by atoms with van der Waals surface area (Å²) in [5, 5.41) is 18.1. The van der Waals surface area contributed by atoms with E-state index < -0.39 is 0 Å². The molecule has 0 saturated carbocycles. The summed E-state index contributed by atoms with van der Waals surface area (Å²) in [5.74, 6) is -0.298. The summed E-state index contributed by atoms with van der Waals surface area (Å²) in [6.07, 6.45) is 1.88. The number of aliphatic hydroxyl groups is 1. The molecule has 0 unspecified atom stereocenters. The van der Waals surface area contributed by atoms with Crippen LogP contribution in [0.5, 0.6) is 0 Å². The Morgan fingerprint density at radius 3 is 3.05 bits per heavy atom. The first kappa shape index (κ1) is 15.5. The van der Waals surface area contributed by atoms with E-state index in [0.717, 1.165) is 0 Å². The first-order chi connectivity index (χ1) is 9.13. The lowest BCUT2D eigenvalue weighted by Gasteiger charge is -2.12. The quantitative estimate of drug-likeness (QED) is 0.600. The molecule has 0 amide bonds. The number of thioether (sulfide) groups is 1. The van der Waals surface area contributed by atoms with Gasteiger partial charge in [-0.2, -0.15) is 5.26 Å². The van der Waals surface area contributed by atoms with Gasteiger partial charge in [-0.05, 0) is 13.8 Å². The number of aromatic nitrogens is 2. The first-order valence-corrected chi connectivity index (χ1v) is 6.87. The molecule has 1 rings (SSSR count). The molecule has 0 saturated heterocycles. The van der Waals surface area contributed by atoms with E-state index in [0.29, 0.717) is 30.4 Å². The van der Waals surface area contributed by atoms with Gasteiger partial charge in [0.25, 0.3) is 0 Å². The Morgan fingerprint density at radius 2 is 2.47 bits per heavy atom. The van der Waals surface area contributed by atoms with Crippen molar-refractivity contribution >= 4 is 17.7 Å². The highest BCUT2D eigenvalue weighted by molar-refractivity contribution is 8.00. The lowest BCUT2D eigenvalue weighted by atomic mass is 10.4. The van der Waals surface area contributed by atoms with Gasteiger partial charge in [0.2, 0.25) is 0 Å². The predicted molar refractivity (Wildman–Crippen MR) is 70.3 cm³/mol. The summed E-state index contributed by atoms with van der Waals surface area (Å²) in [5.41, 5.74) is 0.633. The number of rotatable bonds is 7.